The van der Waals surface area contributed by atoms with Crippen LogP contribution in [0.3, 0.4) is 0 Å². The average molecular weight is 204 g/mol. The van der Waals surface area contributed by atoms with Crippen LogP contribution in [0.2, 0.25) is 0 Å². The number of thiocarbonyl (C=S) groups is 1. The normalized spacial score (nSPS) is 9.36. The Bertz CT molecular complexity index is 111. The molecule has 11 heavy (non-hydrogen) atoms. The van der Waals surface area contributed by atoms with E-state index < -0.39 is 0 Å². The second-order valence-corrected chi connectivity index (χ2v) is 3.29. The minimum Gasteiger partial charge on any atom is -0.385 e. The second-order valence-electron chi connectivity index (χ2n) is 1.53. The molecule has 0 aromatic rings. The molecular weight excluding hydrogens is 193 g/mol. The van der Waals surface area contributed by atoms with Gasteiger partial charge in [0.2, 0.25) is 0 Å². The van der Waals surface area contributed by atoms with Crippen molar-refractivity contribution in [2.45, 2.75) is 6.29 Å². The van der Waals surface area contributed by atoms with Gasteiger partial charge in [0, 0.05) is 43.8 Å². The van der Waals surface area contributed by atoms with Crippen LogP contribution < -0.4 is 5.73 Å². The molecule has 0 spiro atoms. The molecule has 0 unspecified atom stereocenters. The first-order valence-corrected chi connectivity index (χ1v) is 4.08. The smallest absolute Gasteiger partial charge is 0.166 e. The summed E-state index contributed by atoms with van der Waals surface area (Å²) in [6.07, 6.45) is -0.216. The summed E-state index contributed by atoms with van der Waals surface area (Å²) < 4.78 is 10.2. The largest absolute Gasteiger partial charge is 0.385 e. The number of nitrogens with two attached hydrogens (primary N) is 1. The van der Waals surface area contributed by atoms with Gasteiger partial charge in [-0.2, -0.15) is 0 Å². The predicted octanol–water partition coefficient (Wildman–Crippen LogP) is 0.201. The van der Waals surface area contributed by atoms with Crippen LogP contribution in [0.4, 0.5) is 0 Å². The molecular formula is C5H11NNaO2S2. The summed E-state index contributed by atoms with van der Waals surface area (Å²) in [4.78, 5) is 0. The van der Waals surface area contributed by atoms with Crippen molar-refractivity contribution in [3.8, 4) is 0 Å². The number of thioether (sulfide) groups is 1. The molecule has 6 heteroatoms. The zero-order valence-electron chi connectivity index (χ0n) is 6.99. The van der Waals surface area contributed by atoms with Gasteiger partial charge < -0.3 is 15.2 Å². The molecule has 3 nitrogen and oxygen atoms in total. The van der Waals surface area contributed by atoms with E-state index in [-0.39, 0.29) is 35.8 Å². The molecule has 0 fully saturated rings. The van der Waals surface area contributed by atoms with Gasteiger partial charge >= 0.3 is 0 Å². The van der Waals surface area contributed by atoms with Crippen LogP contribution in [-0.2, 0) is 9.47 Å². The van der Waals surface area contributed by atoms with E-state index >= 15 is 0 Å². The number of rotatable bonds is 4. The molecule has 0 aromatic carbocycles. The van der Waals surface area contributed by atoms with E-state index in [2.05, 4.69) is 12.2 Å². The van der Waals surface area contributed by atoms with E-state index in [1.807, 2.05) is 0 Å². The van der Waals surface area contributed by atoms with Crippen LogP contribution in [0.5, 0.6) is 0 Å². The summed E-state index contributed by atoms with van der Waals surface area (Å²) in [6, 6.07) is 0. The Morgan fingerprint density at radius 2 is 2.00 bits per heavy atom. The van der Waals surface area contributed by atoms with Crippen LogP contribution >= 0.6 is 24.0 Å². The molecule has 0 atom stereocenters. The van der Waals surface area contributed by atoms with Gasteiger partial charge in [-0.15, -0.1) is 0 Å². The third-order valence-corrected chi connectivity index (χ3v) is 1.96. The third-order valence-electron chi connectivity index (χ3n) is 0.887. The van der Waals surface area contributed by atoms with Crippen molar-refractivity contribution in [3.05, 3.63) is 0 Å². The first-order chi connectivity index (χ1) is 4.70. The summed E-state index contributed by atoms with van der Waals surface area (Å²) in [5.41, 5.74) is 5.23. The maximum absolute atomic E-state index is 5.23. The minimum absolute atomic E-state index is 0. The quantitative estimate of drug-likeness (QED) is 0.403. The van der Waals surface area contributed by atoms with Gasteiger partial charge in [0.05, 0.1) is 5.75 Å². The van der Waals surface area contributed by atoms with Gasteiger partial charge in [0.15, 0.2) is 6.29 Å². The Balaban J connectivity index is 0. The SMILES string of the molecule is COC(CSC(N)=S)OC.[Na]. The van der Waals surface area contributed by atoms with Crippen molar-refractivity contribution in [2.24, 2.45) is 5.73 Å². The van der Waals surface area contributed by atoms with Crippen molar-refractivity contribution >= 4 is 57.9 Å². The number of hydrogen-bond donors (Lipinski definition) is 1. The summed E-state index contributed by atoms with van der Waals surface area (Å²) in [5.74, 6) is 0.641. The van der Waals surface area contributed by atoms with Gasteiger partial charge in [-0.05, 0) is 0 Å². The molecule has 2 N–H and O–H groups in total. The Hall–Kier alpha value is 1.16. The van der Waals surface area contributed by atoms with Crippen LogP contribution in [0.15, 0.2) is 0 Å². The van der Waals surface area contributed by atoms with Crippen LogP contribution in [0.25, 0.3) is 0 Å². The molecule has 0 aromatic heterocycles. The first-order valence-electron chi connectivity index (χ1n) is 2.68. The van der Waals surface area contributed by atoms with Gasteiger partial charge in [-0.25, -0.2) is 0 Å². The fraction of sp³-hybridized carbons (Fsp3) is 0.800. The summed E-state index contributed by atoms with van der Waals surface area (Å²) >= 11 is 5.99. The number of methoxy groups -OCH3 is 2. The van der Waals surface area contributed by atoms with Crippen molar-refractivity contribution in [1.82, 2.24) is 0 Å². The molecule has 0 amide bonds. The fourth-order valence-electron chi connectivity index (χ4n) is 0.382. The second kappa shape index (κ2) is 9.25. The maximum Gasteiger partial charge on any atom is 0.166 e. The van der Waals surface area contributed by atoms with Crippen molar-refractivity contribution in [2.75, 3.05) is 20.0 Å². The topological polar surface area (TPSA) is 44.5 Å². The number of ether oxygens (including phenoxy) is 2. The number of hydrogen-bond acceptors (Lipinski definition) is 4. The van der Waals surface area contributed by atoms with E-state index in [0.29, 0.717) is 10.1 Å². The van der Waals surface area contributed by atoms with Gasteiger partial charge in [-0.3, -0.25) is 0 Å². The molecule has 0 aliphatic rings. The van der Waals surface area contributed by atoms with Gasteiger partial charge in [0.25, 0.3) is 0 Å². The minimum atomic E-state index is -0.216. The molecule has 0 saturated heterocycles. The Morgan fingerprint density at radius 3 is 2.27 bits per heavy atom. The van der Waals surface area contributed by atoms with E-state index in [1.54, 1.807) is 14.2 Å². The monoisotopic (exact) mass is 204 g/mol. The Morgan fingerprint density at radius 1 is 1.55 bits per heavy atom. The predicted molar refractivity (Wildman–Crippen MR) is 52.8 cm³/mol. The molecule has 0 bridgehead atoms. The molecule has 0 rings (SSSR count). The van der Waals surface area contributed by atoms with E-state index in [9.17, 15) is 0 Å². The van der Waals surface area contributed by atoms with Crippen LogP contribution in [0.1, 0.15) is 0 Å². The standard InChI is InChI=1S/C5H11NO2S2.Na/c1-7-4(8-2)3-10-5(6)9;/h4H,3H2,1-2H3,(H2,6,9);. The molecule has 1 radical (unpaired) electrons. The van der Waals surface area contributed by atoms with E-state index in [1.165, 1.54) is 11.8 Å². The molecule has 0 saturated carbocycles. The van der Waals surface area contributed by atoms with Crippen molar-refractivity contribution in [3.63, 3.8) is 0 Å². The zero-order valence-corrected chi connectivity index (χ0v) is 10.6. The van der Waals surface area contributed by atoms with Crippen molar-refractivity contribution in [1.29, 1.82) is 0 Å². The molecule has 0 aliphatic carbocycles. The molecule has 61 valence electrons. The summed E-state index contributed by atoms with van der Waals surface area (Å²) in [6.45, 7) is 0. The fourth-order valence-corrected chi connectivity index (χ4v) is 1.16. The molecule has 0 aliphatic heterocycles. The average Bonchev–Trinajstić information content (AvgIpc) is 1.90. The Labute approximate surface area is 98.7 Å². The summed E-state index contributed by atoms with van der Waals surface area (Å²) in [7, 11) is 3.16. The summed E-state index contributed by atoms with van der Waals surface area (Å²) in [5, 5.41) is 0. The maximum atomic E-state index is 5.23. The van der Waals surface area contributed by atoms with Crippen LogP contribution in [-0.4, -0.2) is 60.1 Å². The molecule has 0 heterocycles. The van der Waals surface area contributed by atoms with Gasteiger partial charge in [-0.1, -0.05) is 24.0 Å². The Kier molecular flexibility index (Phi) is 12.3. The van der Waals surface area contributed by atoms with Crippen molar-refractivity contribution < 1.29 is 9.47 Å². The van der Waals surface area contributed by atoms with E-state index in [4.69, 9.17) is 15.2 Å². The zero-order chi connectivity index (χ0) is 7.98. The van der Waals surface area contributed by atoms with Crippen LogP contribution in [0, 0.1) is 0 Å². The first kappa shape index (κ1) is 14.7. The van der Waals surface area contributed by atoms with E-state index in [0.717, 1.165) is 0 Å². The van der Waals surface area contributed by atoms with Gasteiger partial charge in [0.1, 0.15) is 4.32 Å². The third kappa shape index (κ3) is 9.07.